The number of benzene rings is 3. The second-order valence-electron chi connectivity index (χ2n) is 8.64. The van der Waals surface area contributed by atoms with Gasteiger partial charge in [0.25, 0.3) is 5.01 Å². The van der Waals surface area contributed by atoms with Crippen LogP contribution in [0.2, 0.25) is 0 Å². The first kappa shape index (κ1) is 22.6. The summed E-state index contributed by atoms with van der Waals surface area (Å²) in [6, 6.07) is 30.2. The number of fused-ring (bicyclic) bond motifs is 3. The van der Waals surface area contributed by atoms with Gasteiger partial charge in [0.1, 0.15) is 11.3 Å². The molecule has 3 nitrogen and oxygen atoms in total. The first-order valence-corrected chi connectivity index (χ1v) is 12.1. The Kier molecular flexibility index (Phi) is 5.70. The Morgan fingerprint density at radius 2 is 1.32 bits per heavy atom. The molecule has 6 rings (SSSR count). The van der Waals surface area contributed by atoms with E-state index in [-0.39, 0.29) is 17.0 Å². The Labute approximate surface area is 214 Å². The maximum absolute atomic E-state index is 2.47. The molecule has 6 aromatic rings. The van der Waals surface area contributed by atoms with Crippen molar-refractivity contribution in [2.45, 2.75) is 20.8 Å². The lowest BCUT2D eigenvalue weighted by Gasteiger charge is -2.06. The van der Waals surface area contributed by atoms with Crippen LogP contribution in [0.5, 0.6) is 0 Å². The summed E-state index contributed by atoms with van der Waals surface area (Å²) in [7, 11) is 2.18. The summed E-state index contributed by atoms with van der Waals surface area (Å²) in [5.74, 6) is 0. The molecule has 0 unspecified atom stereocenters. The quantitative estimate of drug-likeness (QED) is 0.308. The predicted octanol–water partition coefficient (Wildman–Crippen LogP) is 4.03. The molecule has 0 amide bonds. The molecule has 0 spiro atoms. The van der Waals surface area contributed by atoms with Crippen LogP contribution in [0.3, 0.4) is 0 Å². The van der Waals surface area contributed by atoms with Crippen LogP contribution in [0.4, 0.5) is 0 Å². The van der Waals surface area contributed by atoms with Crippen LogP contribution in [-0.4, -0.2) is 8.97 Å². The molecule has 0 aliphatic rings. The van der Waals surface area contributed by atoms with E-state index in [9.17, 15) is 0 Å². The highest BCUT2D eigenvalue weighted by Gasteiger charge is 2.33. The fraction of sp³-hybridized carbons (Fsp3) is 0.138. The minimum atomic E-state index is 0. The average Bonchev–Trinajstić information content (AvgIpc) is 3.43. The molecule has 3 aromatic carbocycles. The van der Waals surface area contributed by atoms with Crippen LogP contribution < -0.4 is 21.5 Å². The highest BCUT2D eigenvalue weighted by Crippen LogP contribution is 2.43. The topological polar surface area (TPSA) is 13.2 Å². The zero-order valence-corrected chi connectivity index (χ0v) is 22.1. The summed E-state index contributed by atoms with van der Waals surface area (Å²) in [6.07, 6.45) is 0. The Morgan fingerprint density at radius 3 is 2.00 bits per heavy atom. The predicted molar refractivity (Wildman–Crippen MR) is 138 cm³/mol. The van der Waals surface area contributed by atoms with Crippen molar-refractivity contribution in [1.29, 1.82) is 0 Å². The molecule has 0 aliphatic heterocycles. The van der Waals surface area contributed by atoms with Gasteiger partial charge in [0, 0.05) is 37.2 Å². The highest BCUT2D eigenvalue weighted by molar-refractivity contribution is 7.14. The average molecular weight is 529 g/mol. The fourth-order valence-corrected chi connectivity index (χ4v) is 6.29. The molecule has 5 heteroatoms. The zero-order chi connectivity index (χ0) is 22.7. The number of aryl methyl sites for hydroxylation is 3. The third kappa shape index (κ3) is 3.18. The summed E-state index contributed by atoms with van der Waals surface area (Å²) >= 11 is 1.88. The van der Waals surface area contributed by atoms with E-state index >= 15 is 0 Å². The van der Waals surface area contributed by atoms with Crippen molar-refractivity contribution in [3.05, 3.63) is 101 Å². The van der Waals surface area contributed by atoms with Gasteiger partial charge in [-0.05, 0) is 31.5 Å². The number of hydrogen-bond donors (Lipinski definition) is 0. The van der Waals surface area contributed by atoms with Gasteiger partial charge in [0.05, 0.1) is 15.9 Å². The third-order valence-electron chi connectivity index (χ3n) is 6.76. The normalized spacial score (nSPS) is 11.3. The number of hydrogen-bond acceptors (Lipinski definition) is 1. The Bertz CT molecular complexity index is 1640. The lowest BCUT2D eigenvalue weighted by atomic mass is 10.0. The van der Waals surface area contributed by atoms with E-state index in [4.69, 9.17) is 0 Å². The third-order valence-corrected chi connectivity index (χ3v) is 7.93. The van der Waals surface area contributed by atoms with Gasteiger partial charge in [-0.25, -0.2) is 0 Å². The van der Waals surface area contributed by atoms with E-state index in [0.29, 0.717) is 0 Å². The summed E-state index contributed by atoms with van der Waals surface area (Å²) in [5, 5.41) is 1.26. The van der Waals surface area contributed by atoms with E-state index in [0.717, 1.165) is 0 Å². The number of para-hydroxylation sites is 3. The lowest BCUT2D eigenvalue weighted by molar-refractivity contribution is -0.586. The minimum absolute atomic E-state index is 0. The van der Waals surface area contributed by atoms with Gasteiger partial charge in [-0.1, -0.05) is 72.0 Å². The van der Waals surface area contributed by atoms with Crippen LogP contribution in [0.1, 0.15) is 16.1 Å². The molecule has 0 atom stereocenters. The van der Waals surface area contributed by atoms with E-state index < -0.39 is 0 Å². The standard InChI is InChI=1S/C29H26N3S.BrH/c1-19-26(22-13-7-5-8-14-22)27(32-25-18-12-11-17-24(25)30(4)28(19)32)29-31(20(2)21(3)33-29)23-15-9-6-10-16-23;/h5-18H,1-4H3;1H/q+1;/p-1. The van der Waals surface area contributed by atoms with E-state index in [2.05, 4.69) is 126 Å². The van der Waals surface area contributed by atoms with Gasteiger partial charge in [0.2, 0.25) is 5.69 Å². The summed E-state index contributed by atoms with van der Waals surface area (Å²) in [6.45, 7) is 6.72. The monoisotopic (exact) mass is 527 g/mol. The first-order chi connectivity index (χ1) is 16.1. The van der Waals surface area contributed by atoms with Gasteiger partial charge in [-0.3, -0.25) is 4.40 Å². The molecular formula is C29H26BrN3S. The molecule has 170 valence electrons. The summed E-state index contributed by atoms with van der Waals surface area (Å²) in [4.78, 5) is 1.33. The maximum Gasteiger partial charge on any atom is 0.293 e. The van der Waals surface area contributed by atoms with Crippen molar-refractivity contribution in [3.8, 4) is 27.5 Å². The molecule has 0 bridgehead atoms. The molecule has 0 N–H and O–H groups in total. The second kappa shape index (κ2) is 8.57. The smallest absolute Gasteiger partial charge is 0.293 e. The van der Waals surface area contributed by atoms with Gasteiger partial charge in [-0.2, -0.15) is 0 Å². The maximum atomic E-state index is 2.47. The van der Waals surface area contributed by atoms with Crippen molar-refractivity contribution in [2.24, 2.45) is 7.05 Å². The van der Waals surface area contributed by atoms with Crippen molar-refractivity contribution in [3.63, 3.8) is 0 Å². The van der Waals surface area contributed by atoms with Crippen LogP contribution in [-0.2, 0) is 7.05 Å². The van der Waals surface area contributed by atoms with Gasteiger partial charge >= 0.3 is 0 Å². The number of aromatic nitrogens is 3. The highest BCUT2D eigenvalue weighted by atomic mass is 79.9. The van der Waals surface area contributed by atoms with E-state index in [1.165, 1.54) is 60.3 Å². The number of nitrogens with zero attached hydrogens (tertiary/aromatic N) is 3. The number of imidazole rings is 1. The Hall–Kier alpha value is -3.15. The van der Waals surface area contributed by atoms with Crippen molar-refractivity contribution in [2.75, 3.05) is 0 Å². The zero-order valence-electron chi connectivity index (χ0n) is 19.7. The van der Waals surface area contributed by atoms with Crippen molar-refractivity contribution < 1.29 is 21.5 Å². The van der Waals surface area contributed by atoms with E-state index in [1.54, 1.807) is 0 Å². The molecule has 0 saturated carbocycles. The molecule has 0 saturated heterocycles. The molecule has 3 heterocycles. The Morgan fingerprint density at radius 1 is 0.735 bits per heavy atom. The Balaban J connectivity index is 0.00000241. The molecule has 0 fully saturated rings. The lowest BCUT2D eigenvalue weighted by Crippen LogP contribution is -3.00. The fourth-order valence-electron chi connectivity index (χ4n) is 5.14. The SMILES string of the molecule is Cc1sc(-c2c(-c3ccccc3)c(C)c3n(C)c4ccccc4n23)[n+](-c2ccccc2)c1C.[Br-]. The summed E-state index contributed by atoms with van der Waals surface area (Å²) in [5.41, 5.74) is 11.3. The van der Waals surface area contributed by atoms with Gasteiger partial charge < -0.3 is 21.5 Å². The molecule has 0 aliphatic carbocycles. The van der Waals surface area contributed by atoms with Crippen molar-refractivity contribution >= 4 is 28.0 Å². The van der Waals surface area contributed by atoms with E-state index in [1.807, 2.05) is 11.3 Å². The largest absolute Gasteiger partial charge is 1.00 e. The molecule has 34 heavy (non-hydrogen) atoms. The van der Waals surface area contributed by atoms with Crippen molar-refractivity contribution in [1.82, 2.24) is 8.97 Å². The van der Waals surface area contributed by atoms with Gasteiger partial charge in [0.15, 0.2) is 5.69 Å². The number of thiazole rings is 1. The summed E-state index contributed by atoms with van der Waals surface area (Å²) < 4.78 is 7.23. The molecule has 0 radical (unpaired) electrons. The van der Waals surface area contributed by atoms with Crippen LogP contribution in [0.15, 0.2) is 84.9 Å². The number of halogens is 1. The molecule has 3 aromatic heterocycles. The minimum Gasteiger partial charge on any atom is -1.00 e. The van der Waals surface area contributed by atoms with Gasteiger partial charge in [-0.15, -0.1) is 4.57 Å². The first-order valence-electron chi connectivity index (χ1n) is 11.3. The van der Waals surface area contributed by atoms with Crippen LogP contribution >= 0.6 is 11.3 Å². The van der Waals surface area contributed by atoms with Crippen LogP contribution in [0, 0.1) is 20.8 Å². The molecular weight excluding hydrogens is 502 g/mol. The number of rotatable bonds is 3. The second-order valence-corrected chi connectivity index (χ2v) is 9.84. The van der Waals surface area contributed by atoms with Crippen LogP contribution in [0.25, 0.3) is 44.2 Å².